The fourth-order valence-corrected chi connectivity index (χ4v) is 3.67. The minimum absolute atomic E-state index is 0.103. The smallest absolute Gasteiger partial charge is 0.156 e. The van der Waals surface area contributed by atoms with E-state index >= 15 is 0 Å². The van der Waals surface area contributed by atoms with Gasteiger partial charge in [0.25, 0.3) is 0 Å². The van der Waals surface area contributed by atoms with Gasteiger partial charge in [-0.3, -0.25) is 0 Å². The summed E-state index contributed by atoms with van der Waals surface area (Å²) in [6, 6.07) is 0. The van der Waals surface area contributed by atoms with E-state index in [0.717, 1.165) is 25.7 Å². The maximum absolute atomic E-state index is 9.37. The molecular formula is C26H54O6. The Balaban J connectivity index is 3.30. The lowest BCUT2D eigenvalue weighted by atomic mass is 10.0. The van der Waals surface area contributed by atoms with Crippen LogP contribution in [-0.4, -0.2) is 58.1 Å². The second kappa shape index (κ2) is 27.0. The van der Waals surface area contributed by atoms with Crippen molar-refractivity contribution < 1.29 is 29.1 Å². The van der Waals surface area contributed by atoms with E-state index in [1.165, 1.54) is 83.5 Å². The van der Waals surface area contributed by atoms with Gasteiger partial charge in [-0.25, -0.2) is 9.78 Å². The number of aliphatic hydroxyl groups is 1. The van der Waals surface area contributed by atoms with Gasteiger partial charge in [-0.1, -0.05) is 90.4 Å². The summed E-state index contributed by atoms with van der Waals surface area (Å²) in [5.41, 5.74) is 0. The Morgan fingerprint density at radius 2 is 1.12 bits per heavy atom. The van der Waals surface area contributed by atoms with Crippen LogP contribution in [0.15, 0.2) is 0 Å². The third kappa shape index (κ3) is 22.9. The topological polar surface area (TPSA) is 66.4 Å². The summed E-state index contributed by atoms with van der Waals surface area (Å²) in [4.78, 5) is 10.4. The van der Waals surface area contributed by atoms with Crippen LogP contribution in [0.4, 0.5) is 0 Å². The first kappa shape index (κ1) is 31.8. The molecule has 0 rings (SSSR count). The van der Waals surface area contributed by atoms with Gasteiger partial charge < -0.3 is 19.3 Å². The molecule has 1 N–H and O–H groups in total. The Labute approximate surface area is 198 Å². The Morgan fingerprint density at radius 1 is 0.625 bits per heavy atom. The van der Waals surface area contributed by atoms with Crippen molar-refractivity contribution in [3.05, 3.63) is 0 Å². The number of hydrogen-bond acceptors (Lipinski definition) is 6. The highest BCUT2D eigenvalue weighted by atomic mass is 17.2. The molecule has 0 spiro atoms. The van der Waals surface area contributed by atoms with Crippen LogP contribution in [0.3, 0.4) is 0 Å². The molecule has 194 valence electrons. The maximum atomic E-state index is 9.37. The molecule has 32 heavy (non-hydrogen) atoms. The number of hydrogen-bond donors (Lipinski definition) is 1. The Hall–Kier alpha value is -0.240. The van der Waals surface area contributed by atoms with Gasteiger partial charge in [0, 0.05) is 20.8 Å². The molecule has 0 aromatic heterocycles. The zero-order chi connectivity index (χ0) is 23.5. The van der Waals surface area contributed by atoms with E-state index in [1.54, 1.807) is 14.2 Å². The van der Waals surface area contributed by atoms with Crippen LogP contribution >= 0.6 is 0 Å². The molecular weight excluding hydrogens is 408 g/mol. The average Bonchev–Trinajstić information content (AvgIpc) is 2.82. The highest BCUT2D eigenvalue weighted by Gasteiger charge is 2.10. The Morgan fingerprint density at radius 3 is 1.62 bits per heavy atom. The van der Waals surface area contributed by atoms with E-state index in [9.17, 15) is 5.11 Å². The number of aliphatic hydroxyl groups excluding tert-OH is 1. The lowest BCUT2D eigenvalue weighted by Crippen LogP contribution is -2.24. The summed E-state index contributed by atoms with van der Waals surface area (Å²) in [7, 11) is 3.27. The van der Waals surface area contributed by atoms with Crippen LogP contribution in [0, 0.1) is 0 Å². The number of methoxy groups -OCH3 is 2. The van der Waals surface area contributed by atoms with E-state index in [-0.39, 0.29) is 12.9 Å². The molecule has 0 heterocycles. The fourth-order valence-electron chi connectivity index (χ4n) is 3.67. The molecule has 0 aliphatic heterocycles. The van der Waals surface area contributed by atoms with Crippen molar-refractivity contribution >= 4 is 0 Å². The van der Waals surface area contributed by atoms with Gasteiger partial charge in [0.1, 0.15) is 6.10 Å². The molecule has 0 aliphatic rings. The molecule has 6 heteroatoms. The highest BCUT2D eigenvalue weighted by Crippen LogP contribution is 2.13. The molecule has 0 saturated carbocycles. The number of rotatable bonds is 27. The van der Waals surface area contributed by atoms with Gasteiger partial charge in [0.15, 0.2) is 6.29 Å². The molecule has 0 fully saturated rings. The summed E-state index contributed by atoms with van der Waals surface area (Å²) in [6.07, 6.45) is 20.9. The SMILES string of the molecule is CCCCCCCCCCCCCCCCOC[C@H](CO)OOCCCCC(OC)OC. The number of unbranched alkanes of at least 4 members (excludes halogenated alkanes) is 14. The van der Waals surface area contributed by atoms with Gasteiger partial charge in [-0.2, -0.15) is 0 Å². The predicted octanol–water partition coefficient (Wildman–Crippen LogP) is 6.58. The van der Waals surface area contributed by atoms with Gasteiger partial charge in [0.2, 0.25) is 0 Å². The molecule has 0 aromatic rings. The third-order valence-electron chi connectivity index (χ3n) is 5.80. The van der Waals surface area contributed by atoms with E-state index < -0.39 is 6.10 Å². The lowest BCUT2D eigenvalue weighted by Gasteiger charge is -2.15. The van der Waals surface area contributed by atoms with Crippen LogP contribution in [-0.2, 0) is 24.0 Å². The third-order valence-corrected chi connectivity index (χ3v) is 5.80. The van der Waals surface area contributed by atoms with E-state index in [4.69, 9.17) is 24.0 Å². The van der Waals surface area contributed by atoms with Gasteiger partial charge in [-0.15, -0.1) is 0 Å². The molecule has 6 nitrogen and oxygen atoms in total. The van der Waals surface area contributed by atoms with Gasteiger partial charge >= 0.3 is 0 Å². The van der Waals surface area contributed by atoms with E-state index in [2.05, 4.69) is 6.92 Å². The van der Waals surface area contributed by atoms with Crippen molar-refractivity contribution in [2.24, 2.45) is 0 Å². The molecule has 0 bridgehead atoms. The normalized spacial score (nSPS) is 12.7. The van der Waals surface area contributed by atoms with Crippen molar-refractivity contribution in [2.45, 2.75) is 128 Å². The second-order valence-corrected chi connectivity index (χ2v) is 8.79. The first-order valence-electron chi connectivity index (χ1n) is 13.3. The van der Waals surface area contributed by atoms with E-state index in [1.807, 2.05) is 0 Å². The van der Waals surface area contributed by atoms with E-state index in [0.29, 0.717) is 19.8 Å². The van der Waals surface area contributed by atoms with Crippen molar-refractivity contribution in [3.63, 3.8) is 0 Å². The fraction of sp³-hybridized carbons (Fsp3) is 1.00. The first-order chi connectivity index (χ1) is 15.8. The molecule has 0 aliphatic carbocycles. The zero-order valence-corrected chi connectivity index (χ0v) is 21.5. The van der Waals surface area contributed by atoms with Crippen molar-refractivity contribution in [3.8, 4) is 0 Å². The molecule has 0 unspecified atom stereocenters. The molecule has 0 aromatic carbocycles. The summed E-state index contributed by atoms with van der Waals surface area (Å²) in [6.45, 7) is 3.74. The second-order valence-electron chi connectivity index (χ2n) is 8.79. The van der Waals surface area contributed by atoms with Crippen LogP contribution in [0.1, 0.15) is 116 Å². The van der Waals surface area contributed by atoms with Crippen LogP contribution in [0.5, 0.6) is 0 Å². The summed E-state index contributed by atoms with van der Waals surface area (Å²) >= 11 is 0. The minimum Gasteiger partial charge on any atom is -0.393 e. The average molecular weight is 463 g/mol. The predicted molar refractivity (Wildman–Crippen MR) is 131 cm³/mol. The maximum Gasteiger partial charge on any atom is 0.156 e. The quantitative estimate of drug-likeness (QED) is 0.0643. The standard InChI is InChI=1S/C26H54O6/c1-4-5-6-7-8-9-10-11-12-13-14-15-16-18-21-30-24-25(23-27)32-31-22-19-17-20-26(28-2)29-3/h25-27H,4-24H2,1-3H3/t25-/m0/s1. The van der Waals surface area contributed by atoms with Crippen LogP contribution in [0.25, 0.3) is 0 Å². The van der Waals surface area contributed by atoms with Crippen molar-refractivity contribution in [1.82, 2.24) is 0 Å². The van der Waals surface area contributed by atoms with Gasteiger partial charge in [0.05, 0.1) is 19.8 Å². The zero-order valence-electron chi connectivity index (χ0n) is 21.5. The summed E-state index contributed by atoms with van der Waals surface area (Å²) in [5, 5.41) is 9.37. The Kier molecular flexibility index (Phi) is 26.8. The first-order valence-corrected chi connectivity index (χ1v) is 13.3. The van der Waals surface area contributed by atoms with Gasteiger partial charge in [-0.05, 0) is 25.7 Å². The minimum atomic E-state index is -0.424. The summed E-state index contributed by atoms with van der Waals surface area (Å²) in [5.74, 6) is 0. The lowest BCUT2D eigenvalue weighted by molar-refractivity contribution is -0.335. The van der Waals surface area contributed by atoms with Crippen LogP contribution in [0.2, 0.25) is 0 Å². The van der Waals surface area contributed by atoms with Crippen LogP contribution < -0.4 is 0 Å². The molecule has 1 atom stereocenters. The number of ether oxygens (including phenoxy) is 3. The molecule has 0 radical (unpaired) electrons. The molecule has 0 saturated heterocycles. The van der Waals surface area contributed by atoms with Crippen molar-refractivity contribution in [2.75, 3.05) is 40.6 Å². The highest BCUT2D eigenvalue weighted by molar-refractivity contribution is 4.52. The monoisotopic (exact) mass is 462 g/mol. The molecule has 0 amide bonds. The summed E-state index contributed by atoms with van der Waals surface area (Å²) < 4.78 is 15.9. The van der Waals surface area contributed by atoms with Crippen molar-refractivity contribution in [1.29, 1.82) is 0 Å². The Bertz CT molecular complexity index is 338. The largest absolute Gasteiger partial charge is 0.393 e.